The summed E-state index contributed by atoms with van der Waals surface area (Å²) in [6.45, 7) is 9.91. The molecule has 3 aliphatic heterocycles. The van der Waals surface area contributed by atoms with Crippen LogP contribution >= 0.6 is 0 Å². The van der Waals surface area contributed by atoms with Crippen LogP contribution in [0.2, 0.25) is 0 Å². The summed E-state index contributed by atoms with van der Waals surface area (Å²) in [6.07, 6.45) is 2.33. The first kappa shape index (κ1) is 20.9. The van der Waals surface area contributed by atoms with Crippen LogP contribution < -0.4 is 9.47 Å². The average molecular weight is 405 g/mol. The van der Waals surface area contributed by atoms with E-state index in [-0.39, 0.29) is 23.9 Å². The van der Waals surface area contributed by atoms with Crippen molar-refractivity contribution in [2.24, 2.45) is 0 Å². The van der Waals surface area contributed by atoms with Crippen molar-refractivity contribution in [2.45, 2.75) is 70.0 Å². The second kappa shape index (κ2) is 8.06. The average Bonchev–Trinajstić information content (AvgIpc) is 3.05. The number of likely N-dealkylation sites (tertiary alicyclic amines) is 1. The van der Waals surface area contributed by atoms with Crippen LogP contribution in [0.3, 0.4) is 0 Å². The molecule has 4 rings (SSSR count). The third kappa shape index (κ3) is 4.55. The first-order valence-electron chi connectivity index (χ1n) is 10.9. The molecule has 2 fully saturated rings. The number of hydrogen-bond acceptors (Lipinski definition) is 6. The number of nitrogens with zero attached hydrogens (tertiary/aromatic N) is 2. The van der Waals surface area contributed by atoms with Gasteiger partial charge in [0.05, 0.1) is 24.9 Å². The van der Waals surface area contributed by atoms with Gasteiger partial charge in [-0.3, -0.25) is 4.90 Å². The SMILES string of the molecule is COc1cc2c(cc1OC1CCN(C)C1)CCN1CC(OC(C)(C)C)C(O)CC21. The number of methoxy groups -OCH3 is 1. The summed E-state index contributed by atoms with van der Waals surface area (Å²) in [7, 11) is 3.84. The number of hydrogen-bond donors (Lipinski definition) is 1. The largest absolute Gasteiger partial charge is 0.493 e. The number of rotatable bonds is 4. The molecule has 1 aromatic carbocycles. The summed E-state index contributed by atoms with van der Waals surface area (Å²) >= 11 is 0. The van der Waals surface area contributed by atoms with Crippen LogP contribution in [0.1, 0.15) is 50.8 Å². The molecule has 3 heterocycles. The van der Waals surface area contributed by atoms with Crippen LogP contribution in [0, 0.1) is 0 Å². The Bertz CT molecular complexity index is 732. The normalized spacial score (nSPS) is 30.7. The quantitative estimate of drug-likeness (QED) is 0.833. The van der Waals surface area contributed by atoms with E-state index in [4.69, 9.17) is 14.2 Å². The molecular formula is C23H36N2O4. The second-order valence-corrected chi connectivity index (χ2v) is 9.83. The zero-order valence-electron chi connectivity index (χ0n) is 18.5. The highest BCUT2D eigenvalue weighted by Crippen LogP contribution is 2.43. The molecule has 4 atom stereocenters. The first-order valence-corrected chi connectivity index (χ1v) is 10.9. The molecular weight excluding hydrogens is 368 g/mol. The highest BCUT2D eigenvalue weighted by Gasteiger charge is 2.40. The van der Waals surface area contributed by atoms with Gasteiger partial charge in [0, 0.05) is 32.2 Å². The van der Waals surface area contributed by atoms with Gasteiger partial charge >= 0.3 is 0 Å². The Kier molecular flexibility index (Phi) is 5.81. The van der Waals surface area contributed by atoms with Crippen molar-refractivity contribution in [2.75, 3.05) is 40.3 Å². The zero-order valence-corrected chi connectivity index (χ0v) is 18.5. The lowest BCUT2D eigenvalue weighted by Gasteiger charge is -2.46. The Morgan fingerprint density at radius 2 is 1.90 bits per heavy atom. The highest BCUT2D eigenvalue weighted by atomic mass is 16.5. The van der Waals surface area contributed by atoms with Gasteiger partial charge in [-0.25, -0.2) is 0 Å². The van der Waals surface area contributed by atoms with E-state index in [0.717, 1.165) is 50.5 Å². The fraction of sp³-hybridized carbons (Fsp3) is 0.739. The molecule has 1 N–H and O–H groups in total. The summed E-state index contributed by atoms with van der Waals surface area (Å²) in [5.74, 6) is 1.65. The number of ether oxygens (including phenoxy) is 3. The minimum Gasteiger partial charge on any atom is -0.493 e. The lowest BCUT2D eigenvalue weighted by Crippen LogP contribution is -2.53. The monoisotopic (exact) mass is 404 g/mol. The van der Waals surface area contributed by atoms with Crippen molar-refractivity contribution in [3.8, 4) is 11.5 Å². The van der Waals surface area contributed by atoms with E-state index in [1.165, 1.54) is 11.1 Å². The van der Waals surface area contributed by atoms with Crippen LogP contribution in [0.5, 0.6) is 11.5 Å². The Morgan fingerprint density at radius 3 is 2.55 bits per heavy atom. The Balaban J connectivity index is 1.54. The third-order valence-electron chi connectivity index (χ3n) is 6.35. The van der Waals surface area contributed by atoms with E-state index >= 15 is 0 Å². The van der Waals surface area contributed by atoms with Crippen molar-refractivity contribution in [3.05, 3.63) is 23.3 Å². The maximum Gasteiger partial charge on any atom is 0.161 e. The molecule has 6 nitrogen and oxygen atoms in total. The summed E-state index contributed by atoms with van der Waals surface area (Å²) in [5.41, 5.74) is 2.32. The fourth-order valence-corrected chi connectivity index (χ4v) is 4.98. The Hall–Kier alpha value is -1.34. The number of fused-ring (bicyclic) bond motifs is 3. The van der Waals surface area contributed by atoms with E-state index in [0.29, 0.717) is 6.42 Å². The molecule has 162 valence electrons. The Morgan fingerprint density at radius 1 is 1.10 bits per heavy atom. The van der Waals surface area contributed by atoms with E-state index in [1.54, 1.807) is 7.11 Å². The second-order valence-electron chi connectivity index (χ2n) is 9.83. The lowest BCUT2D eigenvalue weighted by atomic mass is 9.84. The molecule has 0 spiro atoms. The molecule has 6 heteroatoms. The summed E-state index contributed by atoms with van der Waals surface area (Å²) in [6, 6.07) is 4.51. The van der Waals surface area contributed by atoms with Crippen molar-refractivity contribution in [1.29, 1.82) is 0 Å². The van der Waals surface area contributed by atoms with Crippen LogP contribution in [0.15, 0.2) is 12.1 Å². The molecule has 29 heavy (non-hydrogen) atoms. The van der Waals surface area contributed by atoms with Gasteiger partial charge in [-0.15, -0.1) is 0 Å². The molecule has 0 aliphatic carbocycles. The summed E-state index contributed by atoms with van der Waals surface area (Å²) < 4.78 is 18.1. The maximum absolute atomic E-state index is 10.8. The van der Waals surface area contributed by atoms with Gasteiger partial charge in [-0.1, -0.05) is 0 Å². The topological polar surface area (TPSA) is 54.4 Å². The molecule has 0 aromatic heterocycles. The van der Waals surface area contributed by atoms with Gasteiger partial charge in [0.1, 0.15) is 6.10 Å². The maximum atomic E-state index is 10.8. The molecule has 1 aromatic rings. The zero-order chi connectivity index (χ0) is 20.8. The molecule has 0 radical (unpaired) electrons. The van der Waals surface area contributed by atoms with Gasteiger partial charge < -0.3 is 24.2 Å². The molecule has 3 aliphatic rings. The van der Waals surface area contributed by atoms with Crippen molar-refractivity contribution in [1.82, 2.24) is 9.80 Å². The Labute approximate surface area is 174 Å². The molecule has 0 amide bonds. The highest BCUT2D eigenvalue weighted by molar-refractivity contribution is 5.50. The predicted molar refractivity (Wildman–Crippen MR) is 113 cm³/mol. The predicted octanol–water partition coefficient (Wildman–Crippen LogP) is 2.63. The van der Waals surface area contributed by atoms with E-state index < -0.39 is 6.10 Å². The number of likely N-dealkylation sites (N-methyl/N-ethyl adjacent to an activating group) is 1. The minimum atomic E-state index is -0.461. The molecule has 2 saturated heterocycles. The van der Waals surface area contributed by atoms with Crippen LogP contribution in [0.25, 0.3) is 0 Å². The van der Waals surface area contributed by atoms with E-state index in [9.17, 15) is 5.11 Å². The first-order chi connectivity index (χ1) is 13.7. The summed E-state index contributed by atoms with van der Waals surface area (Å²) in [5, 5.41) is 10.8. The van der Waals surface area contributed by atoms with Gasteiger partial charge in [-0.05, 0) is 70.3 Å². The fourth-order valence-electron chi connectivity index (χ4n) is 4.98. The molecule has 4 unspecified atom stereocenters. The van der Waals surface area contributed by atoms with Crippen molar-refractivity contribution >= 4 is 0 Å². The number of aliphatic hydroxyl groups excluding tert-OH is 1. The number of piperidine rings is 1. The van der Waals surface area contributed by atoms with Crippen LogP contribution in [-0.4, -0.2) is 79.2 Å². The van der Waals surface area contributed by atoms with Crippen LogP contribution in [-0.2, 0) is 11.2 Å². The van der Waals surface area contributed by atoms with Gasteiger partial charge in [-0.2, -0.15) is 0 Å². The minimum absolute atomic E-state index is 0.142. The molecule has 0 saturated carbocycles. The standard InChI is InChI=1S/C23H36N2O4/c1-23(2,3)29-22-14-25-9-6-15-10-21(28-16-7-8-24(4)13-16)20(27-5)11-17(15)18(25)12-19(22)26/h10-11,16,18-19,22,26H,6-9,12-14H2,1-5H3. The summed E-state index contributed by atoms with van der Waals surface area (Å²) in [4.78, 5) is 4.75. The third-order valence-corrected chi connectivity index (χ3v) is 6.35. The lowest BCUT2D eigenvalue weighted by molar-refractivity contribution is -0.149. The number of benzene rings is 1. The molecule has 0 bridgehead atoms. The van der Waals surface area contributed by atoms with E-state index in [2.05, 4.69) is 29.0 Å². The number of aliphatic hydroxyl groups is 1. The van der Waals surface area contributed by atoms with Crippen LogP contribution in [0.4, 0.5) is 0 Å². The van der Waals surface area contributed by atoms with Gasteiger partial charge in [0.25, 0.3) is 0 Å². The van der Waals surface area contributed by atoms with Gasteiger partial charge in [0.2, 0.25) is 0 Å². The van der Waals surface area contributed by atoms with Crippen molar-refractivity contribution in [3.63, 3.8) is 0 Å². The smallest absolute Gasteiger partial charge is 0.161 e. The van der Waals surface area contributed by atoms with Gasteiger partial charge in [0.15, 0.2) is 11.5 Å². The van der Waals surface area contributed by atoms with E-state index in [1.807, 2.05) is 20.8 Å². The van der Waals surface area contributed by atoms with Crippen molar-refractivity contribution < 1.29 is 19.3 Å².